The van der Waals surface area contributed by atoms with E-state index in [-0.39, 0.29) is 6.04 Å². The molecular weight excluding hydrogens is 200 g/mol. The van der Waals surface area contributed by atoms with Crippen LogP contribution in [-0.2, 0) is 11.3 Å². The fraction of sp³-hybridized carbons (Fsp3) is 0.400. The van der Waals surface area contributed by atoms with Gasteiger partial charge in [0.2, 0.25) is 0 Å². The zero-order valence-corrected chi connectivity index (χ0v) is 8.70. The zero-order valence-electron chi connectivity index (χ0n) is 7.95. The maximum atomic E-state index is 5.74. The van der Waals surface area contributed by atoms with Gasteiger partial charge in [0.1, 0.15) is 0 Å². The third kappa shape index (κ3) is 4.07. The first-order valence-electron chi connectivity index (χ1n) is 4.50. The van der Waals surface area contributed by atoms with Gasteiger partial charge in [-0.3, -0.25) is 0 Å². The first kappa shape index (κ1) is 11.5. The number of hydrogen-bond donors (Lipinski definition) is 2. The van der Waals surface area contributed by atoms with E-state index in [1.54, 1.807) is 0 Å². The van der Waals surface area contributed by atoms with Crippen LogP contribution in [0.2, 0.25) is 5.02 Å². The van der Waals surface area contributed by atoms with Crippen LogP contribution in [0.15, 0.2) is 24.3 Å². The van der Waals surface area contributed by atoms with Crippen molar-refractivity contribution in [3.05, 3.63) is 34.9 Å². The minimum atomic E-state index is -0.0812. The predicted molar refractivity (Wildman–Crippen MR) is 58.1 cm³/mol. The van der Waals surface area contributed by atoms with E-state index in [9.17, 15) is 0 Å². The van der Waals surface area contributed by atoms with Gasteiger partial charge in [0.15, 0.2) is 0 Å². The van der Waals surface area contributed by atoms with Crippen molar-refractivity contribution in [1.29, 1.82) is 0 Å². The van der Waals surface area contributed by atoms with Crippen LogP contribution < -0.4 is 11.5 Å². The van der Waals surface area contributed by atoms with Gasteiger partial charge in [-0.15, -0.1) is 0 Å². The highest BCUT2D eigenvalue weighted by Gasteiger charge is 1.99. The van der Waals surface area contributed by atoms with Gasteiger partial charge in [-0.05, 0) is 17.7 Å². The molecule has 78 valence electrons. The number of nitrogens with two attached hydrogens (primary N) is 2. The van der Waals surface area contributed by atoms with Gasteiger partial charge >= 0.3 is 0 Å². The molecule has 3 nitrogen and oxygen atoms in total. The van der Waals surface area contributed by atoms with E-state index in [0.29, 0.717) is 19.8 Å². The quantitative estimate of drug-likeness (QED) is 0.773. The number of rotatable bonds is 5. The molecule has 0 aliphatic carbocycles. The highest BCUT2D eigenvalue weighted by molar-refractivity contribution is 6.30. The molecule has 0 aromatic heterocycles. The van der Waals surface area contributed by atoms with E-state index in [4.69, 9.17) is 27.8 Å². The summed E-state index contributed by atoms with van der Waals surface area (Å²) in [6.07, 6.45) is 0. The van der Waals surface area contributed by atoms with E-state index in [0.717, 1.165) is 10.6 Å². The lowest BCUT2D eigenvalue weighted by Gasteiger charge is -2.09. The van der Waals surface area contributed by atoms with E-state index in [1.807, 2.05) is 24.3 Å². The van der Waals surface area contributed by atoms with Crippen LogP contribution in [0, 0.1) is 0 Å². The molecular formula is C10H15ClN2O. The van der Waals surface area contributed by atoms with Crippen molar-refractivity contribution in [3.8, 4) is 0 Å². The monoisotopic (exact) mass is 214 g/mol. The average Bonchev–Trinajstić information content (AvgIpc) is 2.21. The molecule has 14 heavy (non-hydrogen) atoms. The summed E-state index contributed by atoms with van der Waals surface area (Å²) in [6.45, 7) is 1.48. The fourth-order valence-corrected chi connectivity index (χ4v) is 1.10. The van der Waals surface area contributed by atoms with Crippen LogP contribution >= 0.6 is 11.6 Å². The molecule has 1 aromatic carbocycles. The molecule has 1 aromatic rings. The summed E-state index contributed by atoms with van der Waals surface area (Å²) in [5.74, 6) is 0. The molecule has 0 unspecified atom stereocenters. The molecule has 0 saturated carbocycles. The molecule has 0 spiro atoms. The Morgan fingerprint density at radius 2 is 1.93 bits per heavy atom. The van der Waals surface area contributed by atoms with Crippen molar-refractivity contribution in [1.82, 2.24) is 0 Å². The molecule has 0 aliphatic heterocycles. The molecule has 0 amide bonds. The van der Waals surface area contributed by atoms with Crippen LogP contribution in [-0.4, -0.2) is 19.2 Å². The van der Waals surface area contributed by atoms with Gasteiger partial charge in [0, 0.05) is 17.6 Å². The van der Waals surface area contributed by atoms with Crippen LogP contribution in [0.4, 0.5) is 0 Å². The summed E-state index contributed by atoms with van der Waals surface area (Å²) in [6, 6.07) is 7.45. The Morgan fingerprint density at radius 1 is 1.29 bits per heavy atom. The SMILES string of the molecule is NC[C@H](N)COCc1ccc(Cl)cc1. The van der Waals surface area contributed by atoms with Crippen molar-refractivity contribution < 1.29 is 4.74 Å². The molecule has 0 saturated heterocycles. The summed E-state index contributed by atoms with van der Waals surface area (Å²) in [5.41, 5.74) is 12.0. The zero-order chi connectivity index (χ0) is 10.4. The van der Waals surface area contributed by atoms with Gasteiger partial charge in [0.05, 0.1) is 13.2 Å². The first-order chi connectivity index (χ1) is 6.72. The summed E-state index contributed by atoms with van der Waals surface area (Å²) in [7, 11) is 0. The molecule has 0 aliphatic rings. The Labute approximate surface area is 89.0 Å². The highest BCUT2D eigenvalue weighted by Crippen LogP contribution is 2.10. The normalized spacial score (nSPS) is 12.8. The van der Waals surface area contributed by atoms with Gasteiger partial charge in [0.25, 0.3) is 0 Å². The molecule has 4 heteroatoms. The second-order valence-electron chi connectivity index (χ2n) is 3.14. The van der Waals surface area contributed by atoms with E-state index in [2.05, 4.69) is 0 Å². The second kappa shape index (κ2) is 5.98. The molecule has 4 N–H and O–H groups in total. The van der Waals surface area contributed by atoms with E-state index < -0.39 is 0 Å². The molecule has 0 bridgehead atoms. The summed E-state index contributed by atoms with van der Waals surface area (Å²) < 4.78 is 5.36. The third-order valence-corrected chi connectivity index (χ3v) is 2.07. The van der Waals surface area contributed by atoms with Crippen LogP contribution in [0.5, 0.6) is 0 Å². The Balaban J connectivity index is 2.28. The number of hydrogen-bond acceptors (Lipinski definition) is 3. The van der Waals surface area contributed by atoms with E-state index >= 15 is 0 Å². The summed E-state index contributed by atoms with van der Waals surface area (Å²) in [4.78, 5) is 0. The maximum absolute atomic E-state index is 5.74. The lowest BCUT2D eigenvalue weighted by Crippen LogP contribution is -2.34. The topological polar surface area (TPSA) is 61.3 Å². The smallest absolute Gasteiger partial charge is 0.0717 e. The molecule has 0 radical (unpaired) electrons. The largest absolute Gasteiger partial charge is 0.375 e. The minimum Gasteiger partial charge on any atom is -0.375 e. The number of ether oxygens (including phenoxy) is 1. The molecule has 0 fully saturated rings. The van der Waals surface area contributed by atoms with Crippen LogP contribution in [0.1, 0.15) is 5.56 Å². The first-order valence-corrected chi connectivity index (χ1v) is 4.88. The summed E-state index contributed by atoms with van der Waals surface area (Å²) in [5, 5.41) is 0.729. The Hall–Kier alpha value is -0.610. The highest BCUT2D eigenvalue weighted by atomic mass is 35.5. The Kier molecular flexibility index (Phi) is 4.90. The fourth-order valence-electron chi connectivity index (χ4n) is 0.977. The van der Waals surface area contributed by atoms with Crippen molar-refractivity contribution in [2.45, 2.75) is 12.6 Å². The van der Waals surface area contributed by atoms with Crippen molar-refractivity contribution in [3.63, 3.8) is 0 Å². The third-order valence-electron chi connectivity index (χ3n) is 1.82. The van der Waals surface area contributed by atoms with Gasteiger partial charge in [-0.2, -0.15) is 0 Å². The summed E-state index contributed by atoms with van der Waals surface area (Å²) >= 11 is 5.74. The van der Waals surface area contributed by atoms with Crippen LogP contribution in [0.25, 0.3) is 0 Å². The van der Waals surface area contributed by atoms with Crippen molar-refractivity contribution in [2.24, 2.45) is 11.5 Å². The van der Waals surface area contributed by atoms with Gasteiger partial charge < -0.3 is 16.2 Å². The Bertz CT molecular complexity index is 263. The van der Waals surface area contributed by atoms with Gasteiger partial charge in [-0.1, -0.05) is 23.7 Å². The molecule has 1 rings (SSSR count). The molecule has 0 heterocycles. The second-order valence-corrected chi connectivity index (χ2v) is 3.57. The van der Waals surface area contributed by atoms with Crippen LogP contribution in [0.3, 0.4) is 0 Å². The Morgan fingerprint density at radius 3 is 2.50 bits per heavy atom. The lowest BCUT2D eigenvalue weighted by atomic mass is 10.2. The lowest BCUT2D eigenvalue weighted by molar-refractivity contribution is 0.109. The van der Waals surface area contributed by atoms with E-state index in [1.165, 1.54) is 0 Å². The predicted octanol–water partition coefficient (Wildman–Crippen LogP) is 1.14. The average molecular weight is 215 g/mol. The maximum Gasteiger partial charge on any atom is 0.0717 e. The van der Waals surface area contributed by atoms with Crippen molar-refractivity contribution >= 4 is 11.6 Å². The number of halogens is 1. The van der Waals surface area contributed by atoms with Crippen molar-refractivity contribution in [2.75, 3.05) is 13.2 Å². The van der Waals surface area contributed by atoms with Gasteiger partial charge in [-0.25, -0.2) is 0 Å². The molecule has 1 atom stereocenters. The number of benzene rings is 1. The minimum absolute atomic E-state index is 0.0812. The standard InChI is InChI=1S/C10H15ClN2O/c11-9-3-1-8(2-4-9)6-14-7-10(13)5-12/h1-4,10H,5-7,12-13H2/t10-/m0/s1.